The highest BCUT2D eigenvalue weighted by Crippen LogP contribution is 2.16. The maximum atomic E-state index is 13.0. The number of halogens is 1. The van der Waals surface area contributed by atoms with E-state index in [4.69, 9.17) is 9.84 Å². The van der Waals surface area contributed by atoms with Gasteiger partial charge >= 0.3 is 0 Å². The van der Waals surface area contributed by atoms with Gasteiger partial charge in [0.25, 0.3) is 5.91 Å². The number of carbonyl (C=O) groups excluding carboxylic acids is 1. The zero-order chi connectivity index (χ0) is 14.4. The Labute approximate surface area is 115 Å². The predicted octanol–water partition coefficient (Wildman–Crippen LogP) is 2.45. The molecule has 20 heavy (non-hydrogen) atoms. The average Bonchev–Trinajstić information content (AvgIpc) is 2.46. The first-order valence-electron chi connectivity index (χ1n) is 6.09. The van der Waals surface area contributed by atoms with Gasteiger partial charge in [-0.15, -0.1) is 0 Å². The van der Waals surface area contributed by atoms with Crippen LogP contribution in [0.5, 0.6) is 5.75 Å². The molecular formula is C15H14FNO3. The summed E-state index contributed by atoms with van der Waals surface area (Å²) in [5.41, 5.74) is 0.834. The summed E-state index contributed by atoms with van der Waals surface area (Å²) in [5.74, 6) is -0.235. The zero-order valence-electron chi connectivity index (χ0n) is 10.7. The van der Waals surface area contributed by atoms with Gasteiger partial charge in [-0.25, -0.2) is 4.39 Å². The second kappa shape index (κ2) is 6.68. The molecule has 2 aromatic carbocycles. The Kier molecular flexibility index (Phi) is 4.68. The molecule has 0 spiro atoms. The number of nitrogens with one attached hydrogen (secondary N) is 1. The van der Waals surface area contributed by atoms with E-state index in [2.05, 4.69) is 5.32 Å². The summed E-state index contributed by atoms with van der Waals surface area (Å²) in [4.78, 5) is 11.9. The maximum absolute atomic E-state index is 13.0. The zero-order valence-corrected chi connectivity index (χ0v) is 10.7. The standard InChI is InChI=1S/C15H14FNO3/c16-12-3-1-2-11(10-12)15(19)17-13-4-6-14(7-5-13)20-9-8-18/h1-7,10,18H,8-9H2,(H,17,19). The molecule has 104 valence electrons. The Bertz CT molecular complexity index is 584. The first kappa shape index (κ1) is 14.0. The van der Waals surface area contributed by atoms with Crippen LogP contribution in [0.3, 0.4) is 0 Å². The minimum atomic E-state index is -0.453. The normalized spacial score (nSPS) is 10.1. The van der Waals surface area contributed by atoms with Crippen LogP contribution in [0.1, 0.15) is 10.4 Å². The van der Waals surface area contributed by atoms with E-state index in [9.17, 15) is 9.18 Å². The van der Waals surface area contributed by atoms with Gasteiger partial charge in [-0.2, -0.15) is 0 Å². The van der Waals surface area contributed by atoms with Crippen molar-refractivity contribution in [3.63, 3.8) is 0 Å². The van der Waals surface area contributed by atoms with Crippen LogP contribution in [0, 0.1) is 5.82 Å². The lowest BCUT2D eigenvalue weighted by Gasteiger charge is -2.07. The molecule has 0 heterocycles. The van der Waals surface area contributed by atoms with Crippen molar-refractivity contribution in [2.75, 3.05) is 18.5 Å². The molecule has 2 N–H and O–H groups in total. The third kappa shape index (κ3) is 3.80. The van der Waals surface area contributed by atoms with Gasteiger partial charge in [0.2, 0.25) is 0 Å². The molecule has 0 aliphatic rings. The van der Waals surface area contributed by atoms with Crippen molar-refractivity contribution in [1.82, 2.24) is 0 Å². The highest BCUT2D eigenvalue weighted by atomic mass is 19.1. The molecule has 0 aliphatic carbocycles. The van der Waals surface area contributed by atoms with Gasteiger partial charge < -0.3 is 15.2 Å². The van der Waals surface area contributed by atoms with E-state index in [1.165, 1.54) is 24.3 Å². The Morgan fingerprint density at radius 2 is 1.95 bits per heavy atom. The first-order valence-corrected chi connectivity index (χ1v) is 6.09. The van der Waals surface area contributed by atoms with Gasteiger partial charge in [-0.05, 0) is 42.5 Å². The van der Waals surface area contributed by atoms with E-state index in [-0.39, 0.29) is 24.7 Å². The molecule has 0 bridgehead atoms. The molecule has 5 heteroatoms. The van der Waals surface area contributed by atoms with E-state index >= 15 is 0 Å². The SMILES string of the molecule is O=C(Nc1ccc(OCCO)cc1)c1cccc(F)c1. The maximum Gasteiger partial charge on any atom is 0.255 e. The summed E-state index contributed by atoms with van der Waals surface area (Å²) in [6.45, 7) is 0.160. The lowest BCUT2D eigenvalue weighted by atomic mass is 10.2. The van der Waals surface area contributed by atoms with Gasteiger partial charge in [0.15, 0.2) is 0 Å². The summed E-state index contributed by atoms with van der Waals surface area (Å²) in [7, 11) is 0. The summed E-state index contributed by atoms with van der Waals surface area (Å²) < 4.78 is 18.2. The summed E-state index contributed by atoms with van der Waals surface area (Å²) in [5, 5.41) is 11.3. The Hall–Kier alpha value is -2.40. The summed E-state index contributed by atoms with van der Waals surface area (Å²) in [6.07, 6.45) is 0. The molecule has 0 aliphatic heterocycles. The van der Waals surface area contributed by atoms with Crippen molar-refractivity contribution < 1.29 is 19.0 Å². The fourth-order valence-corrected chi connectivity index (χ4v) is 1.63. The van der Waals surface area contributed by atoms with Gasteiger partial charge in [0.1, 0.15) is 18.2 Å². The van der Waals surface area contributed by atoms with E-state index in [0.29, 0.717) is 11.4 Å². The minimum Gasteiger partial charge on any atom is -0.491 e. The molecule has 0 saturated carbocycles. The lowest BCUT2D eigenvalue weighted by Crippen LogP contribution is -2.12. The van der Waals surface area contributed by atoms with Gasteiger partial charge in [0.05, 0.1) is 6.61 Å². The second-order valence-corrected chi connectivity index (χ2v) is 4.06. The fraction of sp³-hybridized carbons (Fsp3) is 0.133. The second-order valence-electron chi connectivity index (χ2n) is 4.06. The predicted molar refractivity (Wildman–Crippen MR) is 73.4 cm³/mol. The van der Waals surface area contributed by atoms with Crippen LogP contribution in [-0.4, -0.2) is 24.2 Å². The quantitative estimate of drug-likeness (QED) is 0.881. The number of anilines is 1. The number of hydrogen-bond acceptors (Lipinski definition) is 3. The third-order valence-electron chi connectivity index (χ3n) is 2.56. The Morgan fingerprint density at radius 3 is 2.60 bits per heavy atom. The number of carbonyl (C=O) groups is 1. The highest BCUT2D eigenvalue weighted by molar-refractivity contribution is 6.04. The van der Waals surface area contributed by atoms with Crippen LogP contribution in [-0.2, 0) is 0 Å². The molecule has 2 aromatic rings. The van der Waals surface area contributed by atoms with Crippen molar-refractivity contribution in [3.05, 3.63) is 59.9 Å². The van der Waals surface area contributed by atoms with Crippen molar-refractivity contribution >= 4 is 11.6 Å². The van der Waals surface area contributed by atoms with Crippen LogP contribution in [0.2, 0.25) is 0 Å². The molecule has 0 radical (unpaired) electrons. The van der Waals surface area contributed by atoms with Crippen LogP contribution in [0.15, 0.2) is 48.5 Å². The molecular weight excluding hydrogens is 261 g/mol. The van der Waals surface area contributed by atoms with Gasteiger partial charge in [0, 0.05) is 11.3 Å². The first-order chi connectivity index (χ1) is 9.69. The number of benzene rings is 2. The molecule has 0 unspecified atom stereocenters. The number of aliphatic hydroxyl groups excluding tert-OH is 1. The molecule has 2 rings (SSSR count). The topological polar surface area (TPSA) is 58.6 Å². The summed E-state index contributed by atoms with van der Waals surface area (Å²) in [6, 6.07) is 12.2. The number of aliphatic hydroxyl groups is 1. The fourth-order valence-electron chi connectivity index (χ4n) is 1.63. The smallest absolute Gasteiger partial charge is 0.255 e. The van der Waals surface area contributed by atoms with Crippen molar-refractivity contribution in [2.24, 2.45) is 0 Å². The molecule has 0 saturated heterocycles. The Morgan fingerprint density at radius 1 is 1.20 bits per heavy atom. The molecule has 0 aromatic heterocycles. The largest absolute Gasteiger partial charge is 0.491 e. The van der Waals surface area contributed by atoms with Gasteiger partial charge in [-0.1, -0.05) is 6.07 Å². The average molecular weight is 275 g/mol. The minimum absolute atomic E-state index is 0.0575. The lowest BCUT2D eigenvalue weighted by molar-refractivity contribution is 0.102. The summed E-state index contributed by atoms with van der Waals surface area (Å²) >= 11 is 0. The number of rotatable bonds is 5. The molecule has 4 nitrogen and oxygen atoms in total. The van der Waals surface area contributed by atoms with E-state index < -0.39 is 5.82 Å². The molecule has 1 amide bonds. The number of hydrogen-bond donors (Lipinski definition) is 2. The van der Waals surface area contributed by atoms with Crippen LogP contribution in [0.25, 0.3) is 0 Å². The number of amides is 1. The van der Waals surface area contributed by atoms with Crippen LogP contribution < -0.4 is 10.1 Å². The highest BCUT2D eigenvalue weighted by Gasteiger charge is 2.06. The molecule has 0 atom stereocenters. The van der Waals surface area contributed by atoms with Crippen LogP contribution >= 0.6 is 0 Å². The monoisotopic (exact) mass is 275 g/mol. The van der Waals surface area contributed by atoms with Gasteiger partial charge in [-0.3, -0.25) is 4.79 Å². The van der Waals surface area contributed by atoms with Crippen LogP contribution in [0.4, 0.5) is 10.1 Å². The third-order valence-corrected chi connectivity index (χ3v) is 2.56. The van der Waals surface area contributed by atoms with Crippen molar-refractivity contribution in [1.29, 1.82) is 0 Å². The number of ether oxygens (including phenoxy) is 1. The van der Waals surface area contributed by atoms with E-state index in [0.717, 1.165) is 0 Å². The van der Waals surface area contributed by atoms with E-state index in [1.54, 1.807) is 24.3 Å². The Balaban J connectivity index is 2.01. The van der Waals surface area contributed by atoms with E-state index in [1.807, 2.05) is 0 Å². The van der Waals surface area contributed by atoms with Crippen molar-refractivity contribution in [3.8, 4) is 5.75 Å². The molecule has 0 fully saturated rings. The van der Waals surface area contributed by atoms with Crippen molar-refractivity contribution in [2.45, 2.75) is 0 Å².